The maximum atomic E-state index is 15.7. The summed E-state index contributed by atoms with van der Waals surface area (Å²) < 4.78 is 0. The maximum Gasteiger partial charge on any atom is 0.330 e. The molecule has 7 aromatic carbocycles. The third-order valence-electron chi connectivity index (χ3n) is 16.9. The van der Waals surface area contributed by atoms with Gasteiger partial charge in [-0.25, -0.2) is 14.4 Å². The standard InChI is InChI=1S/C66H59N5O8/c72-57(37-32-42-18-5-1-6-19-42)67-40-49-33-35-55(60(67)64(75)76)69(49)63(74)59(45-24-11-4-12-25-45)48-28-17-27-46(38-48)52-39-47-26-13-15-30-53(47)71(54-31-16-14-29-51(52)54)66(79)68-41-50-34-36-56(61(68)65(77)78)70(50)62(73)58(43-20-7-2-8-21-43)44-22-9-3-10-23-44/h1-31,38-39,49-50,55-56,58-61H,32-37,40-41H2,(H,75,76)(H,77,78)/t49-,50+,55+,56-,59?,60-,61+/m0/s1. The van der Waals surface area contributed by atoms with Crippen molar-refractivity contribution in [3.63, 3.8) is 0 Å². The van der Waals surface area contributed by atoms with Crippen LogP contribution in [0.5, 0.6) is 0 Å². The molecule has 0 aliphatic carbocycles. The number of likely N-dealkylation sites (tertiary alicyclic amines) is 2. The number of carboxylic acid groups (broad SMARTS) is 2. The highest BCUT2D eigenvalue weighted by Crippen LogP contribution is 2.46. The molecule has 79 heavy (non-hydrogen) atoms. The summed E-state index contributed by atoms with van der Waals surface area (Å²) in [7, 11) is 0. The Morgan fingerprint density at radius 3 is 1.52 bits per heavy atom. The molecule has 12 rings (SSSR count). The number of fused-ring (bicyclic) bond motifs is 6. The summed E-state index contributed by atoms with van der Waals surface area (Å²) in [6.45, 7) is 0.138. The molecule has 0 radical (unpaired) electrons. The van der Waals surface area contributed by atoms with Gasteiger partial charge < -0.3 is 29.8 Å². The number of carbonyl (C=O) groups excluding carboxylic acids is 4. The Kier molecular flexibility index (Phi) is 13.7. The summed E-state index contributed by atoms with van der Waals surface area (Å²) in [5.74, 6) is -4.51. The number of anilines is 2. The first-order chi connectivity index (χ1) is 38.5. The van der Waals surface area contributed by atoms with Crippen LogP contribution in [0.2, 0.25) is 0 Å². The van der Waals surface area contributed by atoms with Gasteiger partial charge in [-0.2, -0.15) is 0 Å². The first-order valence-electron chi connectivity index (χ1n) is 27.2. The van der Waals surface area contributed by atoms with Gasteiger partial charge in [-0.3, -0.25) is 19.3 Å². The van der Waals surface area contributed by atoms with Crippen LogP contribution < -0.4 is 4.90 Å². The molecule has 2 N–H and O–H groups in total. The van der Waals surface area contributed by atoms with Crippen LogP contribution in [0.4, 0.5) is 16.2 Å². The van der Waals surface area contributed by atoms with E-state index in [2.05, 4.69) is 0 Å². The second-order valence-corrected chi connectivity index (χ2v) is 21.3. The number of rotatable bonds is 12. The third-order valence-corrected chi connectivity index (χ3v) is 16.9. The molecule has 0 spiro atoms. The van der Waals surface area contributed by atoms with Gasteiger partial charge in [-0.15, -0.1) is 0 Å². The molecule has 5 heterocycles. The van der Waals surface area contributed by atoms with E-state index in [1.54, 1.807) is 14.7 Å². The normalized spacial score (nSPS) is 21.4. The number of aliphatic carboxylic acids is 2. The zero-order chi connectivity index (χ0) is 54.3. The minimum atomic E-state index is -1.34. The highest BCUT2D eigenvalue weighted by atomic mass is 16.4. The molecule has 4 bridgehead atoms. The van der Waals surface area contributed by atoms with Gasteiger partial charge in [0.05, 0.1) is 35.3 Å². The first-order valence-corrected chi connectivity index (χ1v) is 27.2. The van der Waals surface area contributed by atoms with Crippen molar-refractivity contribution in [3.05, 3.63) is 239 Å². The lowest BCUT2D eigenvalue weighted by atomic mass is 9.86. The molecule has 13 nitrogen and oxygen atoms in total. The van der Waals surface area contributed by atoms with E-state index in [-0.39, 0.29) is 43.3 Å². The quantitative estimate of drug-likeness (QED) is 0.122. The number of piperazine rings is 2. The Hall–Kier alpha value is -9.10. The first kappa shape index (κ1) is 50.7. The van der Waals surface area contributed by atoms with E-state index in [9.17, 15) is 24.6 Å². The average Bonchev–Trinajstić information content (AvgIpc) is 4.15. The number of hydrogen-bond acceptors (Lipinski definition) is 6. The predicted octanol–water partition coefficient (Wildman–Crippen LogP) is 10.2. The average molecular weight is 1050 g/mol. The minimum absolute atomic E-state index is 0.0148. The number of carbonyl (C=O) groups is 6. The van der Waals surface area contributed by atoms with Crippen LogP contribution in [0.3, 0.4) is 0 Å². The van der Waals surface area contributed by atoms with Gasteiger partial charge in [-0.1, -0.05) is 176 Å². The van der Waals surface area contributed by atoms with Crippen molar-refractivity contribution in [2.75, 3.05) is 18.0 Å². The van der Waals surface area contributed by atoms with Gasteiger partial charge in [0, 0.05) is 37.2 Å². The summed E-state index contributed by atoms with van der Waals surface area (Å²) in [4.78, 5) is 95.2. The number of aryl methyl sites for hydroxylation is 1. The number of para-hydroxylation sites is 2. The molecule has 5 aliphatic heterocycles. The van der Waals surface area contributed by atoms with Crippen molar-refractivity contribution in [3.8, 4) is 0 Å². The van der Waals surface area contributed by atoms with E-state index in [0.717, 1.165) is 33.4 Å². The van der Waals surface area contributed by atoms with E-state index in [1.165, 1.54) is 9.80 Å². The monoisotopic (exact) mass is 1050 g/mol. The Balaban J connectivity index is 0.869. The number of carboxylic acids is 2. The fourth-order valence-corrected chi connectivity index (χ4v) is 13.4. The fraction of sp³-hybridized carbons (Fsp3) is 0.242. The number of benzene rings is 7. The summed E-state index contributed by atoms with van der Waals surface area (Å²) in [5.41, 5.74) is 7.98. The molecule has 13 heteroatoms. The molecule has 1 unspecified atom stereocenters. The Bertz CT molecular complexity index is 3460. The van der Waals surface area contributed by atoms with Crippen LogP contribution in [-0.2, 0) is 30.4 Å². The highest BCUT2D eigenvalue weighted by molar-refractivity contribution is 6.11. The van der Waals surface area contributed by atoms with Crippen LogP contribution in [0.25, 0.3) is 11.6 Å². The molecule has 5 aliphatic rings. The zero-order valence-electron chi connectivity index (χ0n) is 43.4. The summed E-state index contributed by atoms with van der Waals surface area (Å²) >= 11 is 0. The molecule has 7 atom stereocenters. The summed E-state index contributed by atoms with van der Waals surface area (Å²) in [6, 6.07) is 55.6. The van der Waals surface area contributed by atoms with E-state index in [4.69, 9.17) is 0 Å². The third kappa shape index (κ3) is 9.32. The van der Waals surface area contributed by atoms with Crippen LogP contribution in [-0.4, -0.2) is 115 Å². The maximum absolute atomic E-state index is 15.7. The van der Waals surface area contributed by atoms with Gasteiger partial charge in [0.1, 0.15) is 6.04 Å². The SMILES string of the molecule is O=C(O)[C@@H]1[C@H]2CC[C@@H](CN1C(=O)CCc1ccccc1)N2C(=O)C(c1ccccc1)c1cccc(C2=Cc3ccccc3N(C(=O)N3C[C@H]4CC[C@@H]([C@@H]3C(=O)O)N4C(=O)C(c3ccccc3)c3ccccc3)c3ccccc32)c1. The van der Waals surface area contributed by atoms with Gasteiger partial charge in [0.15, 0.2) is 6.04 Å². The molecular formula is C66H59N5O8. The van der Waals surface area contributed by atoms with Crippen molar-refractivity contribution in [1.82, 2.24) is 19.6 Å². The molecule has 5 amide bonds. The molecule has 4 saturated heterocycles. The van der Waals surface area contributed by atoms with E-state index < -0.39 is 60.0 Å². The topological polar surface area (TPSA) is 159 Å². The van der Waals surface area contributed by atoms with E-state index >= 15 is 14.4 Å². The van der Waals surface area contributed by atoms with E-state index in [1.807, 2.05) is 200 Å². The summed E-state index contributed by atoms with van der Waals surface area (Å²) in [5, 5.41) is 22.0. The Labute approximate surface area is 458 Å². The lowest BCUT2D eigenvalue weighted by molar-refractivity contribution is -0.161. The second-order valence-electron chi connectivity index (χ2n) is 21.3. The lowest BCUT2D eigenvalue weighted by Crippen LogP contribution is -2.66. The van der Waals surface area contributed by atoms with Gasteiger partial charge in [0.2, 0.25) is 17.7 Å². The zero-order valence-corrected chi connectivity index (χ0v) is 43.4. The highest BCUT2D eigenvalue weighted by Gasteiger charge is 2.56. The van der Waals surface area contributed by atoms with E-state index in [0.29, 0.717) is 60.2 Å². The molecule has 396 valence electrons. The molecule has 0 aromatic heterocycles. The Morgan fingerprint density at radius 2 is 0.949 bits per heavy atom. The lowest BCUT2D eigenvalue weighted by Gasteiger charge is -2.47. The van der Waals surface area contributed by atoms with Crippen molar-refractivity contribution < 1.29 is 39.0 Å². The Morgan fingerprint density at radius 1 is 0.481 bits per heavy atom. The van der Waals surface area contributed by atoms with Crippen LogP contribution >= 0.6 is 0 Å². The molecule has 7 aromatic rings. The fourth-order valence-electron chi connectivity index (χ4n) is 13.4. The van der Waals surface area contributed by atoms with Crippen molar-refractivity contribution in [1.29, 1.82) is 0 Å². The second kappa shape index (κ2) is 21.4. The number of amides is 5. The smallest absolute Gasteiger partial charge is 0.330 e. The van der Waals surface area contributed by atoms with Gasteiger partial charge in [0.25, 0.3) is 0 Å². The van der Waals surface area contributed by atoms with Gasteiger partial charge >= 0.3 is 18.0 Å². The van der Waals surface area contributed by atoms with Crippen molar-refractivity contribution >= 4 is 58.7 Å². The molecule has 0 saturated carbocycles. The summed E-state index contributed by atoms with van der Waals surface area (Å²) in [6.07, 6.45) is 4.62. The van der Waals surface area contributed by atoms with Crippen LogP contribution in [0, 0.1) is 0 Å². The van der Waals surface area contributed by atoms with Crippen LogP contribution in [0.1, 0.15) is 88.4 Å². The van der Waals surface area contributed by atoms with Crippen molar-refractivity contribution in [2.45, 2.75) is 86.6 Å². The van der Waals surface area contributed by atoms with Crippen LogP contribution in [0.15, 0.2) is 194 Å². The number of nitrogens with zero attached hydrogens (tertiary/aromatic N) is 5. The number of hydrogen-bond donors (Lipinski definition) is 2. The molecule has 4 fully saturated rings. The van der Waals surface area contributed by atoms with Crippen molar-refractivity contribution in [2.24, 2.45) is 0 Å². The minimum Gasteiger partial charge on any atom is -0.480 e. The largest absolute Gasteiger partial charge is 0.480 e. The van der Waals surface area contributed by atoms with Gasteiger partial charge in [-0.05, 0) is 101 Å². The molecular weight excluding hydrogens is 991 g/mol. The number of urea groups is 1. The predicted molar refractivity (Wildman–Crippen MR) is 300 cm³/mol.